The molecule has 0 spiro atoms. The number of benzene rings is 1. The first kappa shape index (κ1) is 19.2. The molecule has 1 aromatic heterocycles. The second kappa shape index (κ2) is 10.0. The van der Waals surface area contributed by atoms with Crippen molar-refractivity contribution in [2.75, 3.05) is 26.2 Å². The summed E-state index contributed by atoms with van der Waals surface area (Å²) in [5.74, 6) is 0.555. The highest BCUT2D eigenvalue weighted by atomic mass is 127. The molecule has 0 radical (unpaired) electrons. The summed E-state index contributed by atoms with van der Waals surface area (Å²) in [6.07, 6.45) is 2.13. The van der Waals surface area contributed by atoms with Gasteiger partial charge in [-0.25, -0.2) is 0 Å². The number of hydrogen-bond donors (Lipinski definition) is 2. The zero-order chi connectivity index (χ0) is 15.9. The average molecular weight is 456 g/mol. The zero-order valence-electron chi connectivity index (χ0n) is 13.8. The van der Waals surface area contributed by atoms with E-state index in [1.165, 1.54) is 16.0 Å². The van der Waals surface area contributed by atoms with E-state index in [-0.39, 0.29) is 24.0 Å². The average Bonchev–Trinajstić information content (AvgIpc) is 3.08. The van der Waals surface area contributed by atoms with Gasteiger partial charge in [0.05, 0.1) is 6.54 Å². The number of nitrogens with one attached hydrogen (secondary N) is 1. The molecule has 1 aliphatic heterocycles. The first-order valence-electron chi connectivity index (χ1n) is 8.16. The Morgan fingerprint density at radius 1 is 1.21 bits per heavy atom. The Morgan fingerprint density at radius 2 is 2.04 bits per heavy atom. The molecule has 2 aromatic rings. The molecule has 0 amide bonds. The van der Waals surface area contributed by atoms with Gasteiger partial charge in [0.1, 0.15) is 0 Å². The lowest BCUT2D eigenvalue weighted by molar-refractivity contribution is 0.261. The van der Waals surface area contributed by atoms with Gasteiger partial charge < -0.3 is 11.1 Å². The summed E-state index contributed by atoms with van der Waals surface area (Å²) in [7, 11) is 0. The van der Waals surface area contributed by atoms with E-state index in [1.54, 1.807) is 11.3 Å². The lowest BCUT2D eigenvalue weighted by Crippen LogP contribution is -2.35. The van der Waals surface area contributed by atoms with Crippen LogP contribution in [0.25, 0.3) is 0 Å². The number of guanidine groups is 1. The molecule has 3 rings (SSSR count). The quantitative estimate of drug-likeness (QED) is 0.400. The Kier molecular flexibility index (Phi) is 8.01. The molecule has 1 aromatic carbocycles. The Morgan fingerprint density at radius 3 is 2.83 bits per heavy atom. The fraction of sp³-hybridized carbons (Fsp3) is 0.389. The Hall–Kier alpha value is -1.12. The van der Waals surface area contributed by atoms with Gasteiger partial charge >= 0.3 is 0 Å². The molecule has 0 saturated carbocycles. The Balaban J connectivity index is 0.00000208. The van der Waals surface area contributed by atoms with Crippen LogP contribution < -0.4 is 11.1 Å². The Labute approximate surface area is 165 Å². The fourth-order valence-corrected chi connectivity index (χ4v) is 3.59. The molecule has 0 aliphatic carbocycles. The third kappa shape index (κ3) is 5.75. The van der Waals surface area contributed by atoms with E-state index in [1.807, 2.05) is 0 Å². The molecule has 6 heteroatoms. The second-order valence-electron chi connectivity index (χ2n) is 5.82. The summed E-state index contributed by atoms with van der Waals surface area (Å²) < 4.78 is 0. The summed E-state index contributed by atoms with van der Waals surface area (Å²) in [5.41, 5.74) is 8.87. The van der Waals surface area contributed by atoms with Crippen LogP contribution in [0.15, 0.2) is 46.8 Å². The number of aliphatic imine (C=N–C) groups is 1. The van der Waals surface area contributed by atoms with Gasteiger partial charge in [0.15, 0.2) is 5.96 Å². The third-order valence-electron chi connectivity index (χ3n) is 4.17. The van der Waals surface area contributed by atoms with E-state index in [0.717, 1.165) is 45.6 Å². The molecule has 24 heavy (non-hydrogen) atoms. The molecule has 0 fully saturated rings. The summed E-state index contributed by atoms with van der Waals surface area (Å²) in [4.78, 5) is 8.26. The van der Waals surface area contributed by atoms with Crippen molar-refractivity contribution < 1.29 is 0 Å². The first-order chi connectivity index (χ1) is 11.3. The van der Waals surface area contributed by atoms with Crippen LogP contribution in [0, 0.1) is 0 Å². The maximum Gasteiger partial charge on any atom is 0.188 e. The maximum atomic E-state index is 5.93. The number of thiophene rings is 1. The normalized spacial score (nSPS) is 14.8. The molecule has 0 bridgehead atoms. The minimum absolute atomic E-state index is 0. The number of hydrogen-bond acceptors (Lipinski definition) is 3. The van der Waals surface area contributed by atoms with Crippen molar-refractivity contribution in [2.24, 2.45) is 10.7 Å². The number of rotatable bonds is 6. The highest BCUT2D eigenvalue weighted by Gasteiger charge is 2.14. The van der Waals surface area contributed by atoms with Gasteiger partial charge in [-0.2, -0.15) is 0 Å². The van der Waals surface area contributed by atoms with E-state index in [4.69, 9.17) is 5.73 Å². The largest absolute Gasteiger partial charge is 0.370 e. The van der Waals surface area contributed by atoms with Crippen LogP contribution in [0.2, 0.25) is 0 Å². The van der Waals surface area contributed by atoms with Gasteiger partial charge in [-0.05, 0) is 35.4 Å². The predicted molar refractivity (Wildman–Crippen MR) is 113 cm³/mol. The SMILES string of the molecule is I.NC(=NCCN1CCc2ccccc2C1)NCCc1cccs1. The molecular weight excluding hydrogens is 431 g/mol. The molecule has 3 N–H and O–H groups in total. The van der Waals surface area contributed by atoms with Gasteiger partial charge in [-0.3, -0.25) is 9.89 Å². The van der Waals surface area contributed by atoms with Gasteiger partial charge in [0.2, 0.25) is 0 Å². The van der Waals surface area contributed by atoms with E-state index >= 15 is 0 Å². The van der Waals surface area contributed by atoms with Crippen LogP contribution in [-0.4, -0.2) is 37.0 Å². The highest BCUT2D eigenvalue weighted by molar-refractivity contribution is 14.0. The smallest absolute Gasteiger partial charge is 0.188 e. The molecule has 2 heterocycles. The molecule has 4 nitrogen and oxygen atoms in total. The molecule has 130 valence electrons. The monoisotopic (exact) mass is 456 g/mol. The van der Waals surface area contributed by atoms with E-state index < -0.39 is 0 Å². The van der Waals surface area contributed by atoms with E-state index in [0.29, 0.717) is 5.96 Å². The van der Waals surface area contributed by atoms with Crippen molar-refractivity contribution in [3.8, 4) is 0 Å². The Bertz CT molecular complexity index is 642. The number of fused-ring (bicyclic) bond motifs is 1. The van der Waals surface area contributed by atoms with Crippen LogP contribution in [0.3, 0.4) is 0 Å². The maximum absolute atomic E-state index is 5.93. The van der Waals surface area contributed by atoms with Crippen LogP contribution in [0.1, 0.15) is 16.0 Å². The summed E-state index contributed by atoms with van der Waals surface area (Å²) >= 11 is 1.78. The topological polar surface area (TPSA) is 53.6 Å². The molecule has 1 aliphatic rings. The molecule has 0 unspecified atom stereocenters. The second-order valence-corrected chi connectivity index (χ2v) is 6.85. The molecule has 0 atom stereocenters. The van der Waals surface area contributed by atoms with Gasteiger partial charge in [-0.1, -0.05) is 30.3 Å². The van der Waals surface area contributed by atoms with Gasteiger partial charge in [0, 0.05) is 31.1 Å². The van der Waals surface area contributed by atoms with Crippen LogP contribution in [-0.2, 0) is 19.4 Å². The van der Waals surface area contributed by atoms with Gasteiger partial charge in [-0.15, -0.1) is 35.3 Å². The number of nitrogens with zero attached hydrogens (tertiary/aromatic N) is 2. The van der Waals surface area contributed by atoms with Crippen molar-refractivity contribution in [3.05, 3.63) is 57.8 Å². The zero-order valence-corrected chi connectivity index (χ0v) is 16.9. The van der Waals surface area contributed by atoms with Crippen LogP contribution in [0.5, 0.6) is 0 Å². The molecule has 0 saturated heterocycles. The third-order valence-corrected chi connectivity index (χ3v) is 5.10. The minimum atomic E-state index is 0. The standard InChI is InChI=1S/C18H24N4S.HI/c19-18(20-9-7-17-6-3-13-23-17)21-10-12-22-11-8-15-4-1-2-5-16(15)14-22;/h1-6,13H,7-12,14H2,(H3,19,20,21);1H. The lowest BCUT2D eigenvalue weighted by Gasteiger charge is -2.28. The van der Waals surface area contributed by atoms with E-state index in [9.17, 15) is 0 Å². The fourth-order valence-electron chi connectivity index (χ4n) is 2.88. The minimum Gasteiger partial charge on any atom is -0.370 e. The summed E-state index contributed by atoms with van der Waals surface area (Å²) in [6, 6.07) is 12.9. The van der Waals surface area contributed by atoms with Crippen molar-refractivity contribution in [2.45, 2.75) is 19.4 Å². The van der Waals surface area contributed by atoms with E-state index in [2.05, 4.69) is 57.0 Å². The summed E-state index contributed by atoms with van der Waals surface area (Å²) in [5, 5.41) is 5.29. The predicted octanol–water partition coefficient (Wildman–Crippen LogP) is 2.87. The van der Waals surface area contributed by atoms with Crippen molar-refractivity contribution in [1.82, 2.24) is 10.2 Å². The number of halogens is 1. The van der Waals surface area contributed by atoms with Crippen LogP contribution >= 0.6 is 35.3 Å². The van der Waals surface area contributed by atoms with Gasteiger partial charge in [0.25, 0.3) is 0 Å². The molecular formula is C18H25IN4S. The van der Waals surface area contributed by atoms with Crippen molar-refractivity contribution >= 4 is 41.3 Å². The summed E-state index contributed by atoms with van der Waals surface area (Å²) in [6.45, 7) is 4.68. The first-order valence-corrected chi connectivity index (χ1v) is 9.04. The van der Waals surface area contributed by atoms with Crippen molar-refractivity contribution in [3.63, 3.8) is 0 Å². The highest BCUT2D eigenvalue weighted by Crippen LogP contribution is 2.17. The number of nitrogens with two attached hydrogens (primary N) is 1. The van der Waals surface area contributed by atoms with Crippen LogP contribution in [0.4, 0.5) is 0 Å². The van der Waals surface area contributed by atoms with Crippen molar-refractivity contribution in [1.29, 1.82) is 0 Å². The lowest BCUT2D eigenvalue weighted by atomic mass is 10.0.